The number of hydrogen-bond acceptors (Lipinski definition) is 6. The largest absolute Gasteiger partial charge is 0.493 e. The van der Waals surface area contributed by atoms with Crippen LogP contribution >= 0.6 is 0 Å². The molecule has 1 saturated heterocycles. The summed E-state index contributed by atoms with van der Waals surface area (Å²) in [5.41, 5.74) is 7.79. The predicted molar refractivity (Wildman–Crippen MR) is 143 cm³/mol. The fraction of sp³-hybridized carbons (Fsp3) is 0.679. The Bertz CT molecular complexity index is 931. The van der Waals surface area contributed by atoms with Gasteiger partial charge in [0.1, 0.15) is 5.75 Å². The minimum Gasteiger partial charge on any atom is -0.493 e. The zero-order chi connectivity index (χ0) is 26.9. The Morgan fingerprint density at radius 1 is 1.14 bits per heavy atom. The topological polar surface area (TPSA) is 116 Å². The minimum absolute atomic E-state index is 0.0120. The fourth-order valence-electron chi connectivity index (χ4n) is 5.72. The summed E-state index contributed by atoms with van der Waals surface area (Å²) < 4.78 is 5.65. The summed E-state index contributed by atoms with van der Waals surface area (Å²) >= 11 is 0. The minimum atomic E-state index is -0.862. The van der Waals surface area contributed by atoms with Crippen molar-refractivity contribution in [1.29, 1.82) is 0 Å². The highest BCUT2D eigenvalue weighted by Crippen LogP contribution is 2.41. The van der Waals surface area contributed by atoms with Crippen molar-refractivity contribution in [2.75, 3.05) is 52.4 Å². The summed E-state index contributed by atoms with van der Waals surface area (Å²) in [6.45, 7) is 9.68. The second-order valence-corrected chi connectivity index (χ2v) is 10.2. The number of likely N-dealkylation sites (tertiary alicyclic amines) is 1. The molecule has 2 aliphatic rings. The molecule has 3 N–H and O–H groups in total. The maximum atomic E-state index is 13.4. The van der Waals surface area contributed by atoms with Crippen molar-refractivity contribution in [3.8, 4) is 5.75 Å². The van der Waals surface area contributed by atoms with Crippen molar-refractivity contribution in [3.05, 3.63) is 29.3 Å². The van der Waals surface area contributed by atoms with Crippen molar-refractivity contribution in [2.45, 2.75) is 64.8 Å². The molecule has 2 amide bonds. The van der Waals surface area contributed by atoms with E-state index in [9.17, 15) is 19.5 Å². The van der Waals surface area contributed by atoms with Crippen molar-refractivity contribution in [1.82, 2.24) is 14.7 Å². The number of rotatable bonds is 14. The molecule has 3 atom stereocenters. The molecule has 37 heavy (non-hydrogen) atoms. The molecule has 3 rings (SSSR count). The number of aliphatic carboxylic acids is 1. The Kier molecular flexibility index (Phi) is 10.8. The first kappa shape index (κ1) is 28.9. The van der Waals surface area contributed by atoms with Gasteiger partial charge >= 0.3 is 5.97 Å². The molecule has 0 spiro atoms. The molecule has 0 radical (unpaired) electrons. The molecular formula is C28H44N4O5. The lowest BCUT2D eigenvalue weighted by Gasteiger charge is -2.31. The Labute approximate surface area is 220 Å². The van der Waals surface area contributed by atoms with Gasteiger partial charge in [-0.1, -0.05) is 25.5 Å². The average molecular weight is 517 g/mol. The molecule has 1 fully saturated rings. The highest BCUT2D eigenvalue weighted by atomic mass is 16.5. The number of amides is 2. The molecule has 0 aromatic heterocycles. The van der Waals surface area contributed by atoms with Crippen molar-refractivity contribution < 1.29 is 24.2 Å². The van der Waals surface area contributed by atoms with Crippen LogP contribution in [-0.2, 0) is 20.8 Å². The van der Waals surface area contributed by atoms with Crippen LogP contribution in [0.5, 0.6) is 5.75 Å². The van der Waals surface area contributed by atoms with E-state index in [1.54, 1.807) is 4.90 Å². The first-order valence-corrected chi connectivity index (χ1v) is 13.8. The second kappa shape index (κ2) is 13.8. The van der Waals surface area contributed by atoms with Gasteiger partial charge in [-0.3, -0.25) is 19.3 Å². The molecule has 9 nitrogen and oxygen atoms in total. The monoisotopic (exact) mass is 516 g/mol. The van der Waals surface area contributed by atoms with Gasteiger partial charge < -0.3 is 25.4 Å². The number of hydrogen-bond donors (Lipinski definition) is 2. The number of carbonyl (C=O) groups is 3. The standard InChI is InChI=1S/C28H44N4O5/c1-4-6-13-31(14-7-12-29)26(34)19-32-18-23(21-8-9-25-22(17-21)11-16-37-25)27(28(35)36)24(32)10-15-30(5-2)20(3)33/h8-9,17,23-24,27H,4-7,10-16,18-19,29H2,1-3H3,(H,35,36)/t23-,24+,27?/m1/s1. The van der Waals surface area contributed by atoms with Gasteiger partial charge in [0.2, 0.25) is 11.8 Å². The molecule has 1 aromatic rings. The van der Waals surface area contributed by atoms with E-state index in [1.807, 2.05) is 28.9 Å². The SMILES string of the molecule is CCCCN(CCCN)C(=O)CN1C[C@H](c2ccc3c(c2)CCO3)C(C(=O)O)[C@@H]1CCN(CC)C(C)=O. The summed E-state index contributed by atoms with van der Waals surface area (Å²) in [6.07, 6.45) is 3.96. The van der Waals surface area contributed by atoms with Crippen LogP contribution in [0, 0.1) is 5.92 Å². The summed E-state index contributed by atoms with van der Waals surface area (Å²) in [6, 6.07) is 5.63. The molecular weight excluding hydrogens is 472 g/mol. The van der Waals surface area contributed by atoms with Crippen LogP contribution in [0.3, 0.4) is 0 Å². The van der Waals surface area contributed by atoms with Gasteiger partial charge in [0.15, 0.2) is 0 Å². The third kappa shape index (κ3) is 7.23. The maximum Gasteiger partial charge on any atom is 0.308 e. The lowest BCUT2D eigenvalue weighted by atomic mass is 9.83. The summed E-state index contributed by atoms with van der Waals surface area (Å²) in [7, 11) is 0. The number of ether oxygens (including phenoxy) is 1. The number of carboxylic acids is 1. The number of unbranched alkanes of at least 4 members (excludes halogenated alkanes) is 1. The van der Waals surface area contributed by atoms with E-state index in [4.69, 9.17) is 10.5 Å². The van der Waals surface area contributed by atoms with Crippen molar-refractivity contribution in [2.24, 2.45) is 11.7 Å². The van der Waals surface area contributed by atoms with Crippen LogP contribution < -0.4 is 10.5 Å². The summed E-state index contributed by atoms with van der Waals surface area (Å²) in [4.78, 5) is 43.8. The second-order valence-electron chi connectivity index (χ2n) is 10.2. The van der Waals surface area contributed by atoms with E-state index in [0.29, 0.717) is 52.3 Å². The Morgan fingerprint density at radius 3 is 2.54 bits per heavy atom. The maximum absolute atomic E-state index is 13.4. The quantitative estimate of drug-likeness (QED) is 0.390. The summed E-state index contributed by atoms with van der Waals surface area (Å²) in [5, 5.41) is 10.4. The van der Waals surface area contributed by atoms with Crippen LogP contribution in [0.25, 0.3) is 0 Å². The van der Waals surface area contributed by atoms with E-state index in [-0.39, 0.29) is 30.3 Å². The Morgan fingerprint density at radius 2 is 1.89 bits per heavy atom. The lowest BCUT2D eigenvalue weighted by Crippen LogP contribution is -2.46. The zero-order valence-electron chi connectivity index (χ0n) is 22.7. The van der Waals surface area contributed by atoms with Crippen LogP contribution in [0.15, 0.2) is 18.2 Å². The van der Waals surface area contributed by atoms with E-state index in [1.165, 1.54) is 6.92 Å². The van der Waals surface area contributed by atoms with E-state index < -0.39 is 11.9 Å². The number of benzene rings is 1. The third-order valence-corrected chi connectivity index (χ3v) is 7.80. The first-order valence-electron chi connectivity index (χ1n) is 13.8. The average Bonchev–Trinajstić information content (AvgIpc) is 3.48. The first-order chi connectivity index (χ1) is 17.8. The van der Waals surface area contributed by atoms with Gasteiger partial charge in [-0.15, -0.1) is 0 Å². The highest BCUT2D eigenvalue weighted by Gasteiger charge is 2.47. The molecule has 0 bridgehead atoms. The molecule has 1 aromatic carbocycles. The van der Waals surface area contributed by atoms with Gasteiger partial charge in [0, 0.05) is 58.0 Å². The molecule has 9 heteroatoms. The Hall–Kier alpha value is -2.65. The molecule has 0 saturated carbocycles. The fourth-order valence-corrected chi connectivity index (χ4v) is 5.72. The van der Waals surface area contributed by atoms with Gasteiger partial charge in [0.05, 0.1) is 19.1 Å². The number of carbonyl (C=O) groups excluding carboxylic acids is 2. The zero-order valence-corrected chi connectivity index (χ0v) is 22.7. The van der Waals surface area contributed by atoms with Gasteiger partial charge in [0.25, 0.3) is 0 Å². The normalized spacial score (nSPS) is 20.9. The highest BCUT2D eigenvalue weighted by molar-refractivity contribution is 5.79. The van der Waals surface area contributed by atoms with Crippen LogP contribution in [0.2, 0.25) is 0 Å². The number of carboxylic acid groups (broad SMARTS) is 1. The molecule has 1 unspecified atom stereocenters. The van der Waals surface area contributed by atoms with E-state index >= 15 is 0 Å². The van der Waals surface area contributed by atoms with Crippen molar-refractivity contribution >= 4 is 17.8 Å². The molecule has 206 valence electrons. The van der Waals surface area contributed by atoms with Crippen molar-refractivity contribution in [3.63, 3.8) is 0 Å². The van der Waals surface area contributed by atoms with Gasteiger partial charge in [-0.25, -0.2) is 0 Å². The van der Waals surface area contributed by atoms with E-state index in [2.05, 4.69) is 13.0 Å². The van der Waals surface area contributed by atoms with E-state index in [0.717, 1.165) is 42.6 Å². The number of nitrogens with two attached hydrogens (primary N) is 1. The number of fused-ring (bicyclic) bond motifs is 1. The van der Waals surface area contributed by atoms with Gasteiger partial charge in [-0.2, -0.15) is 0 Å². The summed E-state index contributed by atoms with van der Waals surface area (Å²) in [5.74, 6) is -0.938. The third-order valence-electron chi connectivity index (χ3n) is 7.80. The Balaban J connectivity index is 1.88. The predicted octanol–water partition coefficient (Wildman–Crippen LogP) is 2.33. The molecule has 2 aliphatic heterocycles. The number of nitrogens with zero attached hydrogens (tertiary/aromatic N) is 3. The van der Waals surface area contributed by atoms with Crippen LogP contribution in [0.4, 0.5) is 0 Å². The van der Waals surface area contributed by atoms with Gasteiger partial charge in [-0.05, 0) is 49.9 Å². The molecule has 2 heterocycles. The van der Waals surface area contributed by atoms with Crippen LogP contribution in [-0.4, -0.2) is 96.1 Å². The van der Waals surface area contributed by atoms with Crippen LogP contribution in [0.1, 0.15) is 63.5 Å². The smallest absolute Gasteiger partial charge is 0.308 e. The lowest BCUT2D eigenvalue weighted by molar-refractivity contribution is -0.144. The molecule has 0 aliphatic carbocycles.